The van der Waals surface area contributed by atoms with Crippen molar-refractivity contribution in [2.75, 3.05) is 5.73 Å². The van der Waals surface area contributed by atoms with Gasteiger partial charge in [0.1, 0.15) is 5.75 Å². The van der Waals surface area contributed by atoms with Crippen molar-refractivity contribution in [1.82, 2.24) is 20.0 Å². The average Bonchev–Trinajstić information content (AvgIpc) is 3.20. The molecular weight excluding hydrogens is 309 g/mol. The van der Waals surface area contributed by atoms with Crippen LogP contribution in [0.4, 0.5) is 10.1 Å². The Morgan fingerprint density at radius 3 is 2.79 bits per heavy atom. The number of nitrogen functional groups attached to an aromatic ring is 1. The molecule has 0 fully saturated rings. The molecule has 2 heterocycles. The fourth-order valence-electron chi connectivity index (χ4n) is 2.61. The highest BCUT2D eigenvalue weighted by atomic mass is 19.1. The van der Waals surface area contributed by atoms with Crippen molar-refractivity contribution in [2.45, 2.75) is 0 Å². The van der Waals surface area contributed by atoms with Crippen LogP contribution in [0.5, 0.6) is 11.5 Å². The van der Waals surface area contributed by atoms with Gasteiger partial charge in [-0.05, 0) is 24.3 Å². The summed E-state index contributed by atoms with van der Waals surface area (Å²) in [5.74, 6) is 0.109. The van der Waals surface area contributed by atoms with E-state index in [9.17, 15) is 4.39 Å². The van der Waals surface area contributed by atoms with E-state index >= 15 is 0 Å². The van der Waals surface area contributed by atoms with Crippen molar-refractivity contribution in [3.8, 4) is 22.6 Å². The molecule has 0 saturated heterocycles. The van der Waals surface area contributed by atoms with E-state index in [1.807, 2.05) is 19.2 Å². The number of benzene rings is 2. The van der Waals surface area contributed by atoms with Crippen molar-refractivity contribution in [2.24, 2.45) is 7.05 Å². The predicted molar refractivity (Wildman–Crippen MR) is 89.2 cm³/mol. The normalized spacial score (nSPS) is 11.1. The van der Waals surface area contributed by atoms with E-state index in [-0.39, 0.29) is 5.75 Å². The van der Waals surface area contributed by atoms with Crippen LogP contribution in [0, 0.1) is 5.82 Å². The van der Waals surface area contributed by atoms with Crippen LogP contribution in [-0.2, 0) is 7.05 Å². The number of aryl methyl sites for hydroxylation is 1. The molecule has 0 amide bonds. The summed E-state index contributed by atoms with van der Waals surface area (Å²) >= 11 is 0. The van der Waals surface area contributed by atoms with Crippen LogP contribution in [0.15, 0.2) is 48.9 Å². The molecule has 2 aromatic heterocycles. The smallest absolute Gasteiger partial charge is 0.167 e. The van der Waals surface area contributed by atoms with Crippen LogP contribution >= 0.6 is 0 Å². The summed E-state index contributed by atoms with van der Waals surface area (Å²) in [6, 6.07) is 8.11. The number of nitrogens with two attached hydrogens (primary N) is 1. The molecule has 0 spiro atoms. The zero-order valence-corrected chi connectivity index (χ0v) is 12.8. The second kappa shape index (κ2) is 5.38. The lowest BCUT2D eigenvalue weighted by Crippen LogP contribution is -1.94. The van der Waals surface area contributed by atoms with Gasteiger partial charge in [-0.2, -0.15) is 10.2 Å². The first-order valence-corrected chi connectivity index (χ1v) is 7.29. The summed E-state index contributed by atoms with van der Waals surface area (Å²) in [5.41, 5.74) is 8.50. The molecule has 0 atom stereocenters. The van der Waals surface area contributed by atoms with E-state index in [0.717, 1.165) is 22.0 Å². The first-order valence-electron chi connectivity index (χ1n) is 7.29. The molecule has 6 nitrogen and oxygen atoms in total. The largest absolute Gasteiger partial charge is 0.454 e. The molecule has 0 aliphatic carbocycles. The third-order valence-electron chi connectivity index (χ3n) is 3.83. The molecule has 4 aromatic rings. The number of aromatic nitrogens is 4. The van der Waals surface area contributed by atoms with Crippen molar-refractivity contribution in [1.29, 1.82) is 0 Å². The molecule has 0 saturated carbocycles. The van der Waals surface area contributed by atoms with Gasteiger partial charge in [0.25, 0.3) is 0 Å². The van der Waals surface area contributed by atoms with E-state index in [1.165, 1.54) is 12.1 Å². The number of fused-ring (bicyclic) bond motifs is 1. The monoisotopic (exact) mass is 323 g/mol. The minimum absolute atomic E-state index is 0.109. The Labute approximate surface area is 136 Å². The number of halogens is 1. The Kier molecular flexibility index (Phi) is 3.19. The number of nitrogens with zero attached hydrogens (tertiary/aromatic N) is 3. The predicted octanol–water partition coefficient (Wildman–Crippen LogP) is 3.48. The van der Waals surface area contributed by atoms with E-state index in [4.69, 9.17) is 10.5 Å². The Morgan fingerprint density at radius 1 is 1.17 bits per heavy atom. The second-order valence-corrected chi connectivity index (χ2v) is 5.45. The van der Waals surface area contributed by atoms with Crippen LogP contribution in [0.1, 0.15) is 0 Å². The standard InChI is InChI=1S/C17H14FN5O/c1-23-15-6-13(11-7-20-21-8-11)17(4-10(15)9-22-23)24-16-3-2-12(19)5-14(16)18/h2-9H,19H2,1H3,(H,20,21). The van der Waals surface area contributed by atoms with Gasteiger partial charge < -0.3 is 10.5 Å². The maximum Gasteiger partial charge on any atom is 0.167 e. The van der Waals surface area contributed by atoms with Crippen molar-refractivity contribution in [3.05, 3.63) is 54.7 Å². The first kappa shape index (κ1) is 14.3. The minimum atomic E-state index is -0.514. The van der Waals surface area contributed by atoms with Crippen LogP contribution in [0.25, 0.3) is 22.0 Å². The van der Waals surface area contributed by atoms with Gasteiger partial charge in [0.15, 0.2) is 11.6 Å². The van der Waals surface area contributed by atoms with Gasteiger partial charge in [0, 0.05) is 41.5 Å². The lowest BCUT2D eigenvalue weighted by atomic mass is 10.1. The maximum absolute atomic E-state index is 14.1. The van der Waals surface area contributed by atoms with Crippen LogP contribution in [-0.4, -0.2) is 20.0 Å². The number of ether oxygens (including phenoxy) is 1. The van der Waals surface area contributed by atoms with Crippen molar-refractivity contribution < 1.29 is 9.13 Å². The molecular formula is C17H14FN5O. The van der Waals surface area contributed by atoms with Crippen LogP contribution < -0.4 is 10.5 Å². The summed E-state index contributed by atoms with van der Waals surface area (Å²) in [5, 5.41) is 11.9. The van der Waals surface area contributed by atoms with Gasteiger partial charge in [0.2, 0.25) is 0 Å². The Balaban J connectivity index is 1.88. The highest BCUT2D eigenvalue weighted by molar-refractivity contribution is 5.88. The summed E-state index contributed by atoms with van der Waals surface area (Å²) in [6.45, 7) is 0. The average molecular weight is 323 g/mol. The molecule has 0 bridgehead atoms. The van der Waals surface area contributed by atoms with Gasteiger partial charge in [-0.15, -0.1) is 0 Å². The van der Waals surface area contributed by atoms with E-state index in [2.05, 4.69) is 15.3 Å². The molecule has 3 N–H and O–H groups in total. The van der Waals surface area contributed by atoms with Gasteiger partial charge in [-0.3, -0.25) is 9.78 Å². The highest BCUT2D eigenvalue weighted by Gasteiger charge is 2.14. The Bertz CT molecular complexity index is 1020. The maximum atomic E-state index is 14.1. The second-order valence-electron chi connectivity index (χ2n) is 5.45. The molecule has 7 heteroatoms. The zero-order chi connectivity index (χ0) is 16.7. The van der Waals surface area contributed by atoms with Gasteiger partial charge in [0.05, 0.1) is 17.9 Å². The van der Waals surface area contributed by atoms with Gasteiger partial charge in [-0.25, -0.2) is 4.39 Å². The van der Waals surface area contributed by atoms with E-state index in [1.54, 1.807) is 29.3 Å². The zero-order valence-electron chi connectivity index (χ0n) is 12.8. The number of nitrogens with one attached hydrogen (secondary N) is 1. The first-order chi connectivity index (χ1) is 11.6. The third kappa shape index (κ3) is 2.36. The van der Waals surface area contributed by atoms with Gasteiger partial charge in [-0.1, -0.05) is 0 Å². The lowest BCUT2D eigenvalue weighted by Gasteiger charge is -2.12. The summed E-state index contributed by atoms with van der Waals surface area (Å²) in [4.78, 5) is 0. The quantitative estimate of drug-likeness (QED) is 0.566. The lowest BCUT2D eigenvalue weighted by molar-refractivity contribution is 0.444. The minimum Gasteiger partial charge on any atom is -0.454 e. The molecule has 24 heavy (non-hydrogen) atoms. The van der Waals surface area contributed by atoms with Crippen LogP contribution in [0.3, 0.4) is 0 Å². The fourth-order valence-corrected chi connectivity index (χ4v) is 2.61. The summed E-state index contributed by atoms with van der Waals surface area (Å²) in [7, 11) is 1.86. The molecule has 0 unspecified atom stereocenters. The summed E-state index contributed by atoms with van der Waals surface area (Å²) < 4.78 is 21.7. The van der Waals surface area contributed by atoms with Gasteiger partial charge >= 0.3 is 0 Å². The van der Waals surface area contributed by atoms with E-state index < -0.39 is 5.82 Å². The highest BCUT2D eigenvalue weighted by Crippen LogP contribution is 2.37. The fraction of sp³-hybridized carbons (Fsp3) is 0.0588. The number of H-pyrrole nitrogens is 1. The van der Waals surface area contributed by atoms with E-state index in [0.29, 0.717) is 11.4 Å². The Morgan fingerprint density at radius 2 is 2.04 bits per heavy atom. The number of hydrogen-bond donors (Lipinski definition) is 2. The van der Waals surface area contributed by atoms with Crippen LogP contribution in [0.2, 0.25) is 0 Å². The molecule has 0 aliphatic rings. The SMILES string of the molecule is Cn1ncc2cc(Oc3ccc(N)cc3F)c(-c3cn[nH]c3)cc21. The number of aromatic amines is 1. The van der Waals surface area contributed by atoms with Crippen molar-refractivity contribution in [3.63, 3.8) is 0 Å². The summed E-state index contributed by atoms with van der Waals surface area (Å²) in [6.07, 6.45) is 5.17. The van der Waals surface area contributed by atoms with Crippen molar-refractivity contribution >= 4 is 16.6 Å². The Hall–Kier alpha value is -3.35. The number of hydrogen-bond acceptors (Lipinski definition) is 4. The molecule has 0 aliphatic heterocycles. The molecule has 4 rings (SSSR count). The number of rotatable bonds is 3. The molecule has 120 valence electrons. The molecule has 2 aromatic carbocycles. The number of anilines is 1. The third-order valence-corrected chi connectivity index (χ3v) is 3.83. The topological polar surface area (TPSA) is 81.8 Å². The molecule has 0 radical (unpaired) electrons.